The molecule has 1 aromatic heterocycles. The maximum absolute atomic E-state index is 5.56. The van der Waals surface area contributed by atoms with Gasteiger partial charge in [-0.3, -0.25) is 0 Å². The molecular weight excluding hydrogens is 232 g/mol. The topological polar surface area (TPSA) is 45.4 Å². The molecule has 1 aliphatic heterocycles. The molecule has 5 heteroatoms. The monoisotopic (exact) mass is 250 g/mol. The number of hydrogen-bond donors (Lipinski definition) is 1. The van der Waals surface area contributed by atoms with E-state index in [0.29, 0.717) is 11.0 Å². The molecule has 0 spiro atoms. The first-order valence-electron chi connectivity index (χ1n) is 5.79. The number of thiocarbonyl (C=S) groups is 1. The summed E-state index contributed by atoms with van der Waals surface area (Å²) in [7, 11) is 2.15. The quantitative estimate of drug-likeness (QED) is 0.789. The van der Waals surface area contributed by atoms with Crippen LogP contribution in [0.4, 0.5) is 5.82 Å². The maximum Gasteiger partial charge on any atom is 0.128 e. The molecule has 0 aromatic carbocycles. The second-order valence-electron chi connectivity index (χ2n) is 4.57. The van der Waals surface area contributed by atoms with Crippen molar-refractivity contribution >= 4 is 23.0 Å². The summed E-state index contributed by atoms with van der Waals surface area (Å²) in [6.45, 7) is 5.37. The number of likely N-dealkylation sites (N-methyl/N-ethyl adjacent to an activating group) is 1. The number of aromatic nitrogens is 1. The van der Waals surface area contributed by atoms with Gasteiger partial charge in [0.15, 0.2) is 0 Å². The Balaban J connectivity index is 2.14. The number of hydrogen-bond acceptors (Lipinski definition) is 4. The Hall–Kier alpha value is -1.20. The second kappa shape index (κ2) is 4.98. The van der Waals surface area contributed by atoms with Gasteiger partial charge in [-0.05, 0) is 26.1 Å². The lowest BCUT2D eigenvalue weighted by Gasteiger charge is -2.39. The molecule has 1 atom stereocenters. The third-order valence-electron chi connectivity index (χ3n) is 3.16. The Morgan fingerprint density at radius 1 is 1.47 bits per heavy atom. The molecule has 0 amide bonds. The Morgan fingerprint density at radius 3 is 2.76 bits per heavy atom. The van der Waals surface area contributed by atoms with Crippen LogP contribution in [0, 0.1) is 0 Å². The van der Waals surface area contributed by atoms with E-state index in [1.54, 1.807) is 6.20 Å². The van der Waals surface area contributed by atoms with Crippen LogP contribution in [0.25, 0.3) is 0 Å². The molecule has 0 bridgehead atoms. The lowest BCUT2D eigenvalue weighted by molar-refractivity contribution is 0.274. The predicted molar refractivity (Wildman–Crippen MR) is 74.4 cm³/mol. The Labute approximate surface area is 107 Å². The molecule has 4 nitrogen and oxygen atoms in total. The molecule has 1 fully saturated rings. The van der Waals surface area contributed by atoms with Crippen molar-refractivity contribution in [2.75, 3.05) is 31.6 Å². The summed E-state index contributed by atoms with van der Waals surface area (Å²) < 4.78 is 0. The van der Waals surface area contributed by atoms with E-state index in [2.05, 4.69) is 28.8 Å². The summed E-state index contributed by atoms with van der Waals surface area (Å²) in [6.07, 6.45) is 1.75. The summed E-state index contributed by atoms with van der Waals surface area (Å²) in [4.78, 5) is 9.50. The van der Waals surface area contributed by atoms with Crippen LogP contribution in [-0.2, 0) is 0 Å². The smallest absolute Gasteiger partial charge is 0.128 e. The van der Waals surface area contributed by atoms with Crippen molar-refractivity contribution in [2.24, 2.45) is 5.73 Å². The first-order chi connectivity index (χ1) is 8.08. The van der Waals surface area contributed by atoms with Crippen LogP contribution >= 0.6 is 12.2 Å². The van der Waals surface area contributed by atoms with Gasteiger partial charge in [0.05, 0.1) is 0 Å². The predicted octanol–water partition coefficient (Wildman–Crippen LogP) is 0.856. The first-order valence-corrected chi connectivity index (χ1v) is 6.20. The van der Waals surface area contributed by atoms with Gasteiger partial charge in [0, 0.05) is 37.4 Å². The molecule has 17 heavy (non-hydrogen) atoms. The van der Waals surface area contributed by atoms with E-state index in [4.69, 9.17) is 18.0 Å². The maximum atomic E-state index is 5.56. The van der Waals surface area contributed by atoms with E-state index in [1.807, 2.05) is 12.1 Å². The van der Waals surface area contributed by atoms with Gasteiger partial charge in [0.1, 0.15) is 10.8 Å². The first kappa shape index (κ1) is 12.3. The van der Waals surface area contributed by atoms with Gasteiger partial charge < -0.3 is 15.5 Å². The molecular formula is C12H18N4S. The summed E-state index contributed by atoms with van der Waals surface area (Å²) in [6, 6.07) is 4.42. The lowest BCUT2D eigenvalue weighted by atomic mass is 10.2. The van der Waals surface area contributed by atoms with Gasteiger partial charge in [-0.2, -0.15) is 0 Å². The molecule has 2 N–H and O–H groups in total. The van der Waals surface area contributed by atoms with E-state index < -0.39 is 0 Å². The zero-order valence-corrected chi connectivity index (χ0v) is 11.1. The standard InChI is InChI=1S/C12H18N4S/c1-9-8-15(2)5-6-16(9)11-4-3-10(7-14-11)12(13)17/h3-4,7,9H,5-6,8H2,1-2H3,(H2,13,17). The van der Waals surface area contributed by atoms with Crippen molar-refractivity contribution in [3.05, 3.63) is 23.9 Å². The van der Waals surface area contributed by atoms with Gasteiger partial charge >= 0.3 is 0 Å². The van der Waals surface area contributed by atoms with Crippen LogP contribution in [-0.4, -0.2) is 47.6 Å². The van der Waals surface area contributed by atoms with Gasteiger partial charge in [0.25, 0.3) is 0 Å². The third-order valence-corrected chi connectivity index (χ3v) is 3.39. The van der Waals surface area contributed by atoms with Crippen LogP contribution < -0.4 is 10.6 Å². The van der Waals surface area contributed by atoms with Crippen molar-refractivity contribution in [3.8, 4) is 0 Å². The molecule has 0 aliphatic carbocycles. The Morgan fingerprint density at radius 2 is 2.24 bits per heavy atom. The SMILES string of the molecule is CC1CN(C)CCN1c1ccc(C(N)=S)cn1. The average molecular weight is 250 g/mol. The van der Waals surface area contributed by atoms with Gasteiger partial charge in [0.2, 0.25) is 0 Å². The van der Waals surface area contributed by atoms with Crippen molar-refractivity contribution in [2.45, 2.75) is 13.0 Å². The highest BCUT2D eigenvalue weighted by molar-refractivity contribution is 7.80. The van der Waals surface area contributed by atoms with Gasteiger partial charge in [-0.25, -0.2) is 4.98 Å². The van der Waals surface area contributed by atoms with E-state index >= 15 is 0 Å². The highest BCUT2D eigenvalue weighted by atomic mass is 32.1. The van der Waals surface area contributed by atoms with Crippen LogP contribution in [0.1, 0.15) is 12.5 Å². The van der Waals surface area contributed by atoms with E-state index in [-0.39, 0.29) is 0 Å². The molecule has 0 radical (unpaired) electrons. The molecule has 2 rings (SSSR count). The van der Waals surface area contributed by atoms with Crippen LogP contribution in [0.2, 0.25) is 0 Å². The summed E-state index contributed by atoms with van der Waals surface area (Å²) in [5, 5.41) is 0. The molecule has 1 saturated heterocycles. The number of rotatable bonds is 2. The van der Waals surface area contributed by atoms with Crippen LogP contribution in [0.15, 0.2) is 18.3 Å². The van der Waals surface area contributed by atoms with E-state index in [9.17, 15) is 0 Å². The normalized spacial score (nSPS) is 21.5. The number of anilines is 1. The largest absolute Gasteiger partial charge is 0.389 e. The minimum absolute atomic E-state index is 0.399. The molecule has 0 saturated carbocycles. The minimum Gasteiger partial charge on any atom is -0.389 e. The zero-order chi connectivity index (χ0) is 12.4. The molecule has 1 aromatic rings. The highest BCUT2D eigenvalue weighted by Gasteiger charge is 2.22. The van der Waals surface area contributed by atoms with E-state index in [0.717, 1.165) is 31.0 Å². The fraction of sp³-hybridized carbons (Fsp3) is 0.500. The van der Waals surface area contributed by atoms with Crippen LogP contribution in [0.5, 0.6) is 0 Å². The van der Waals surface area contributed by atoms with Crippen molar-refractivity contribution < 1.29 is 0 Å². The highest BCUT2D eigenvalue weighted by Crippen LogP contribution is 2.17. The van der Waals surface area contributed by atoms with Crippen molar-refractivity contribution in [1.29, 1.82) is 0 Å². The summed E-state index contributed by atoms with van der Waals surface area (Å²) in [5.74, 6) is 1.01. The van der Waals surface area contributed by atoms with Gasteiger partial charge in [-0.1, -0.05) is 12.2 Å². The molecule has 1 unspecified atom stereocenters. The fourth-order valence-electron chi connectivity index (χ4n) is 2.18. The van der Waals surface area contributed by atoms with Crippen LogP contribution in [0.3, 0.4) is 0 Å². The Kier molecular flexibility index (Phi) is 3.59. The molecule has 1 aliphatic rings. The zero-order valence-electron chi connectivity index (χ0n) is 10.3. The number of nitrogens with zero attached hydrogens (tertiary/aromatic N) is 3. The number of pyridine rings is 1. The third kappa shape index (κ3) is 2.73. The number of nitrogens with two attached hydrogens (primary N) is 1. The molecule has 2 heterocycles. The molecule has 92 valence electrons. The fourth-order valence-corrected chi connectivity index (χ4v) is 2.30. The van der Waals surface area contributed by atoms with Gasteiger partial charge in [-0.15, -0.1) is 0 Å². The van der Waals surface area contributed by atoms with Crippen molar-refractivity contribution in [3.63, 3.8) is 0 Å². The van der Waals surface area contributed by atoms with Crippen molar-refractivity contribution in [1.82, 2.24) is 9.88 Å². The average Bonchev–Trinajstić information content (AvgIpc) is 2.29. The second-order valence-corrected chi connectivity index (χ2v) is 5.01. The Bertz CT molecular complexity index is 403. The minimum atomic E-state index is 0.399. The summed E-state index contributed by atoms with van der Waals surface area (Å²) in [5.41, 5.74) is 6.38. The number of piperazine rings is 1. The summed E-state index contributed by atoms with van der Waals surface area (Å²) >= 11 is 4.92. The van der Waals surface area contributed by atoms with E-state index in [1.165, 1.54) is 0 Å². The lowest BCUT2D eigenvalue weighted by Crippen LogP contribution is -2.50.